The van der Waals surface area contributed by atoms with Crippen molar-refractivity contribution in [2.45, 2.75) is 57.6 Å². The van der Waals surface area contributed by atoms with Gasteiger partial charge in [-0.2, -0.15) is 0 Å². The third kappa shape index (κ3) is 4.07. The van der Waals surface area contributed by atoms with Crippen molar-refractivity contribution in [2.24, 2.45) is 0 Å². The van der Waals surface area contributed by atoms with Gasteiger partial charge in [-0.1, -0.05) is 25.7 Å². The molecule has 72 valence electrons. The third-order valence-corrected chi connectivity index (χ3v) is 2.56. The molecule has 0 radical (unpaired) electrons. The average Bonchev–Trinajstić information content (AvgIpc) is 2.28. The summed E-state index contributed by atoms with van der Waals surface area (Å²) in [6.45, 7) is 2.59. The fourth-order valence-electron chi connectivity index (χ4n) is 1.82. The number of hydrogen-bond donors (Lipinski definition) is 2. The highest BCUT2D eigenvalue weighted by Crippen LogP contribution is 2.16. The van der Waals surface area contributed by atoms with E-state index >= 15 is 0 Å². The van der Waals surface area contributed by atoms with Gasteiger partial charge in [0.25, 0.3) is 0 Å². The van der Waals surface area contributed by atoms with E-state index in [2.05, 4.69) is 5.32 Å². The van der Waals surface area contributed by atoms with Gasteiger partial charge in [0, 0.05) is 12.6 Å². The van der Waals surface area contributed by atoms with Gasteiger partial charge in [-0.3, -0.25) is 0 Å². The van der Waals surface area contributed by atoms with E-state index in [4.69, 9.17) is 5.11 Å². The molecular formula is C10H21NO. The first-order valence-corrected chi connectivity index (χ1v) is 5.20. The van der Waals surface area contributed by atoms with Crippen LogP contribution in [-0.4, -0.2) is 23.8 Å². The van der Waals surface area contributed by atoms with Crippen molar-refractivity contribution < 1.29 is 5.11 Å². The maximum Gasteiger partial charge on any atom is 0.0636 e. The number of rotatable bonds is 3. The highest BCUT2D eigenvalue weighted by Gasteiger charge is 2.11. The number of nitrogens with one attached hydrogen (secondary N) is 1. The van der Waals surface area contributed by atoms with Crippen molar-refractivity contribution in [1.29, 1.82) is 0 Å². The van der Waals surface area contributed by atoms with Gasteiger partial charge >= 0.3 is 0 Å². The molecule has 1 fully saturated rings. The zero-order chi connectivity index (χ0) is 8.81. The Hall–Kier alpha value is -0.0800. The molecule has 1 atom stereocenters. The van der Waals surface area contributed by atoms with Crippen LogP contribution in [0.1, 0.15) is 45.4 Å². The molecule has 1 rings (SSSR count). The number of aliphatic hydroxyl groups is 1. The van der Waals surface area contributed by atoms with Gasteiger partial charge in [-0.15, -0.1) is 0 Å². The highest BCUT2D eigenvalue weighted by atomic mass is 16.3. The van der Waals surface area contributed by atoms with E-state index in [0.717, 1.165) is 6.54 Å². The molecule has 2 heteroatoms. The second-order valence-corrected chi connectivity index (χ2v) is 3.95. The van der Waals surface area contributed by atoms with Gasteiger partial charge in [-0.05, 0) is 19.8 Å². The maximum absolute atomic E-state index is 9.09. The summed E-state index contributed by atoms with van der Waals surface area (Å²) < 4.78 is 0. The molecule has 2 N–H and O–H groups in total. The first kappa shape index (κ1) is 10.0. The SMILES string of the molecule is C[C@@H](O)CNC1CCCCCC1. The van der Waals surface area contributed by atoms with E-state index in [0.29, 0.717) is 6.04 Å². The maximum atomic E-state index is 9.09. The van der Waals surface area contributed by atoms with E-state index < -0.39 is 0 Å². The van der Waals surface area contributed by atoms with Crippen LogP contribution >= 0.6 is 0 Å². The molecule has 1 saturated carbocycles. The Balaban J connectivity index is 2.12. The van der Waals surface area contributed by atoms with Gasteiger partial charge in [-0.25, -0.2) is 0 Å². The lowest BCUT2D eigenvalue weighted by Gasteiger charge is -2.16. The Kier molecular flexibility index (Phi) is 4.62. The molecule has 0 aliphatic heterocycles. The van der Waals surface area contributed by atoms with Crippen LogP contribution in [0.3, 0.4) is 0 Å². The largest absolute Gasteiger partial charge is 0.392 e. The molecule has 0 aromatic carbocycles. The van der Waals surface area contributed by atoms with Crippen molar-refractivity contribution in [1.82, 2.24) is 5.32 Å². The lowest BCUT2D eigenvalue weighted by Crippen LogP contribution is -2.34. The van der Waals surface area contributed by atoms with E-state index in [1.807, 2.05) is 6.92 Å². The molecule has 0 spiro atoms. The Morgan fingerprint density at radius 3 is 2.33 bits per heavy atom. The molecule has 0 amide bonds. The fourth-order valence-corrected chi connectivity index (χ4v) is 1.82. The van der Waals surface area contributed by atoms with Gasteiger partial charge in [0.15, 0.2) is 0 Å². The normalized spacial score (nSPS) is 23.5. The Morgan fingerprint density at radius 2 is 1.83 bits per heavy atom. The summed E-state index contributed by atoms with van der Waals surface area (Å²) >= 11 is 0. The Labute approximate surface area is 75.4 Å². The van der Waals surface area contributed by atoms with Crippen LogP contribution in [0.4, 0.5) is 0 Å². The van der Waals surface area contributed by atoms with E-state index in [1.54, 1.807) is 0 Å². The molecule has 0 aromatic heterocycles. The van der Waals surface area contributed by atoms with Crippen LogP contribution in [0.15, 0.2) is 0 Å². The molecule has 2 nitrogen and oxygen atoms in total. The van der Waals surface area contributed by atoms with Gasteiger partial charge < -0.3 is 10.4 Å². The monoisotopic (exact) mass is 171 g/mol. The summed E-state index contributed by atoms with van der Waals surface area (Å²) in [4.78, 5) is 0. The highest BCUT2D eigenvalue weighted by molar-refractivity contribution is 4.71. The fraction of sp³-hybridized carbons (Fsp3) is 1.00. The quantitative estimate of drug-likeness (QED) is 0.633. The minimum Gasteiger partial charge on any atom is -0.392 e. The van der Waals surface area contributed by atoms with E-state index in [9.17, 15) is 0 Å². The number of hydrogen-bond acceptors (Lipinski definition) is 2. The molecule has 1 aliphatic rings. The zero-order valence-corrected chi connectivity index (χ0v) is 8.05. The molecule has 12 heavy (non-hydrogen) atoms. The molecular weight excluding hydrogens is 150 g/mol. The first-order chi connectivity index (χ1) is 5.79. The molecule has 0 heterocycles. The summed E-state index contributed by atoms with van der Waals surface area (Å²) in [6.07, 6.45) is 7.90. The topological polar surface area (TPSA) is 32.3 Å². The summed E-state index contributed by atoms with van der Waals surface area (Å²) in [6, 6.07) is 0.669. The third-order valence-electron chi connectivity index (χ3n) is 2.56. The Morgan fingerprint density at radius 1 is 1.25 bits per heavy atom. The van der Waals surface area contributed by atoms with Crippen molar-refractivity contribution in [3.8, 4) is 0 Å². The summed E-state index contributed by atoms with van der Waals surface area (Å²) in [5.74, 6) is 0. The molecule has 0 bridgehead atoms. The Bertz CT molecular complexity index is 106. The van der Waals surface area contributed by atoms with Crippen LogP contribution in [0.5, 0.6) is 0 Å². The standard InChI is InChI=1S/C10H21NO/c1-9(12)8-11-10-6-4-2-3-5-7-10/h9-12H,2-8H2,1H3/t9-/m1/s1. The summed E-state index contributed by atoms with van der Waals surface area (Å²) in [7, 11) is 0. The van der Waals surface area contributed by atoms with Gasteiger partial charge in [0.05, 0.1) is 6.10 Å². The minimum atomic E-state index is -0.201. The molecule has 1 aliphatic carbocycles. The van der Waals surface area contributed by atoms with Crippen LogP contribution < -0.4 is 5.32 Å². The second-order valence-electron chi connectivity index (χ2n) is 3.95. The van der Waals surface area contributed by atoms with E-state index in [1.165, 1.54) is 38.5 Å². The lowest BCUT2D eigenvalue weighted by atomic mass is 10.1. The van der Waals surface area contributed by atoms with Crippen LogP contribution in [0.2, 0.25) is 0 Å². The summed E-state index contributed by atoms with van der Waals surface area (Å²) in [5.41, 5.74) is 0. The molecule has 0 aromatic rings. The minimum absolute atomic E-state index is 0.201. The predicted molar refractivity (Wildman–Crippen MR) is 51.2 cm³/mol. The summed E-state index contributed by atoms with van der Waals surface area (Å²) in [5, 5.41) is 12.5. The first-order valence-electron chi connectivity index (χ1n) is 5.20. The zero-order valence-electron chi connectivity index (χ0n) is 8.05. The van der Waals surface area contributed by atoms with Crippen molar-refractivity contribution in [2.75, 3.05) is 6.54 Å². The van der Waals surface area contributed by atoms with Crippen molar-refractivity contribution >= 4 is 0 Å². The van der Waals surface area contributed by atoms with Crippen LogP contribution in [0, 0.1) is 0 Å². The smallest absolute Gasteiger partial charge is 0.0636 e. The van der Waals surface area contributed by atoms with Crippen molar-refractivity contribution in [3.63, 3.8) is 0 Å². The van der Waals surface area contributed by atoms with Gasteiger partial charge in [0.2, 0.25) is 0 Å². The average molecular weight is 171 g/mol. The van der Waals surface area contributed by atoms with Crippen LogP contribution in [0.25, 0.3) is 0 Å². The second kappa shape index (κ2) is 5.55. The predicted octanol–water partition coefficient (Wildman–Crippen LogP) is 1.68. The molecule has 0 unspecified atom stereocenters. The molecule has 0 saturated heterocycles. The van der Waals surface area contributed by atoms with Crippen LogP contribution in [-0.2, 0) is 0 Å². The lowest BCUT2D eigenvalue weighted by molar-refractivity contribution is 0.184. The van der Waals surface area contributed by atoms with E-state index in [-0.39, 0.29) is 6.10 Å². The van der Waals surface area contributed by atoms with Crippen molar-refractivity contribution in [3.05, 3.63) is 0 Å². The van der Waals surface area contributed by atoms with Gasteiger partial charge in [0.1, 0.15) is 0 Å². The number of aliphatic hydroxyl groups excluding tert-OH is 1.